The van der Waals surface area contributed by atoms with Crippen molar-refractivity contribution in [2.75, 3.05) is 25.5 Å². The number of carbonyl (C=O) groups excluding carboxylic acids is 1. The maximum atomic E-state index is 12.7. The molecule has 3 heterocycles. The third-order valence-electron chi connectivity index (χ3n) is 4.92. The number of benzene rings is 1. The first-order valence-electron chi connectivity index (χ1n) is 9.28. The van der Waals surface area contributed by atoms with Gasteiger partial charge in [0, 0.05) is 36.3 Å². The van der Waals surface area contributed by atoms with Crippen LogP contribution in [0.4, 0.5) is 11.6 Å². The number of carbonyl (C=O) groups is 1. The van der Waals surface area contributed by atoms with Crippen molar-refractivity contribution in [1.82, 2.24) is 14.9 Å². The number of nitrogens with zero attached hydrogens (tertiary/aromatic N) is 3. The summed E-state index contributed by atoms with van der Waals surface area (Å²) in [6, 6.07) is 11.5. The topological polar surface area (TPSA) is 67.3 Å². The molecule has 1 N–H and O–H groups in total. The molecule has 0 saturated carbocycles. The Labute approximate surface area is 168 Å². The zero-order chi connectivity index (χ0) is 19.3. The Balaban J connectivity index is 1.46. The van der Waals surface area contributed by atoms with Crippen LogP contribution in [0.3, 0.4) is 0 Å². The number of nitrogens with one attached hydrogen (secondary N) is 1. The molecule has 1 aliphatic rings. The fourth-order valence-electron chi connectivity index (χ4n) is 3.44. The number of piperidine rings is 1. The van der Waals surface area contributed by atoms with Crippen molar-refractivity contribution in [3.05, 3.63) is 64.6 Å². The predicted molar refractivity (Wildman–Crippen MR) is 111 cm³/mol. The standard InChI is InChI=1S/C21H22N4O2S/c1-27-18-6-4-17(5-7-18)23-21-22-10-8-19(24-21)15-3-2-11-25(13-15)20(26)16-9-12-28-14-16/h4-10,12,14-15H,2-3,11,13H2,1H3,(H,22,23,24)/t15-/m0/s1. The summed E-state index contributed by atoms with van der Waals surface area (Å²) < 4.78 is 5.18. The van der Waals surface area contributed by atoms with Gasteiger partial charge in [-0.3, -0.25) is 4.79 Å². The number of rotatable bonds is 5. The van der Waals surface area contributed by atoms with Gasteiger partial charge in [0.25, 0.3) is 5.91 Å². The van der Waals surface area contributed by atoms with Crippen molar-refractivity contribution in [3.63, 3.8) is 0 Å². The van der Waals surface area contributed by atoms with Gasteiger partial charge in [0.15, 0.2) is 0 Å². The highest BCUT2D eigenvalue weighted by Gasteiger charge is 2.26. The van der Waals surface area contributed by atoms with Crippen molar-refractivity contribution in [2.45, 2.75) is 18.8 Å². The first-order valence-corrected chi connectivity index (χ1v) is 10.2. The quantitative estimate of drug-likeness (QED) is 0.698. The van der Waals surface area contributed by atoms with E-state index in [4.69, 9.17) is 9.72 Å². The van der Waals surface area contributed by atoms with Gasteiger partial charge in [0.05, 0.1) is 18.4 Å². The zero-order valence-electron chi connectivity index (χ0n) is 15.7. The second-order valence-corrected chi connectivity index (χ2v) is 7.54. The van der Waals surface area contributed by atoms with Crippen LogP contribution in [0, 0.1) is 0 Å². The van der Waals surface area contributed by atoms with Crippen LogP contribution in [0.2, 0.25) is 0 Å². The third-order valence-corrected chi connectivity index (χ3v) is 5.60. The second-order valence-electron chi connectivity index (χ2n) is 6.76. The molecule has 1 aliphatic heterocycles. The van der Waals surface area contributed by atoms with Crippen LogP contribution in [0.25, 0.3) is 0 Å². The van der Waals surface area contributed by atoms with Gasteiger partial charge >= 0.3 is 0 Å². The first-order chi connectivity index (χ1) is 13.7. The Morgan fingerprint density at radius 3 is 2.86 bits per heavy atom. The third kappa shape index (κ3) is 4.14. The number of methoxy groups -OCH3 is 1. The van der Waals surface area contributed by atoms with Crippen LogP contribution in [-0.4, -0.2) is 41.0 Å². The molecule has 0 aliphatic carbocycles. The summed E-state index contributed by atoms with van der Waals surface area (Å²) in [7, 11) is 1.64. The smallest absolute Gasteiger partial charge is 0.254 e. The van der Waals surface area contributed by atoms with E-state index in [1.807, 2.05) is 52.1 Å². The fraction of sp³-hybridized carbons (Fsp3) is 0.286. The number of hydrogen-bond acceptors (Lipinski definition) is 6. The van der Waals surface area contributed by atoms with E-state index in [2.05, 4.69) is 10.3 Å². The normalized spacial score (nSPS) is 16.6. The molecule has 0 radical (unpaired) electrons. The summed E-state index contributed by atoms with van der Waals surface area (Å²) in [5.41, 5.74) is 2.64. The molecule has 144 valence electrons. The van der Waals surface area contributed by atoms with Gasteiger partial charge in [-0.2, -0.15) is 11.3 Å². The highest BCUT2D eigenvalue weighted by atomic mass is 32.1. The molecule has 1 fully saturated rings. The molecule has 6 nitrogen and oxygen atoms in total. The molecule has 1 aromatic carbocycles. The molecular weight excluding hydrogens is 372 g/mol. The zero-order valence-corrected chi connectivity index (χ0v) is 16.5. The van der Waals surface area contributed by atoms with E-state index < -0.39 is 0 Å². The number of likely N-dealkylation sites (tertiary alicyclic amines) is 1. The van der Waals surface area contributed by atoms with Gasteiger partial charge in [-0.1, -0.05) is 0 Å². The van der Waals surface area contributed by atoms with Crippen molar-refractivity contribution in [3.8, 4) is 5.75 Å². The molecule has 3 aromatic rings. The van der Waals surface area contributed by atoms with E-state index in [0.29, 0.717) is 12.5 Å². The molecule has 1 amide bonds. The molecule has 28 heavy (non-hydrogen) atoms. The van der Waals surface area contributed by atoms with E-state index in [1.54, 1.807) is 24.6 Å². The van der Waals surface area contributed by atoms with E-state index in [1.165, 1.54) is 0 Å². The van der Waals surface area contributed by atoms with Crippen LogP contribution in [-0.2, 0) is 0 Å². The van der Waals surface area contributed by atoms with E-state index in [0.717, 1.165) is 42.1 Å². The van der Waals surface area contributed by atoms with Crippen LogP contribution in [0.1, 0.15) is 34.8 Å². The van der Waals surface area contributed by atoms with Crippen molar-refractivity contribution >= 4 is 28.9 Å². The maximum absolute atomic E-state index is 12.7. The number of anilines is 2. The van der Waals surface area contributed by atoms with Gasteiger partial charge in [-0.15, -0.1) is 0 Å². The summed E-state index contributed by atoms with van der Waals surface area (Å²) in [5, 5.41) is 7.09. The molecule has 0 unspecified atom stereocenters. The Bertz CT molecular complexity index is 928. The summed E-state index contributed by atoms with van der Waals surface area (Å²) in [6.07, 6.45) is 3.77. The van der Waals surface area contributed by atoms with Crippen LogP contribution < -0.4 is 10.1 Å². The predicted octanol–water partition coefficient (Wildman–Crippen LogP) is 4.31. The number of ether oxygens (including phenoxy) is 1. The molecule has 4 rings (SSSR count). The molecule has 1 saturated heterocycles. The van der Waals surface area contributed by atoms with E-state index in [9.17, 15) is 4.79 Å². The largest absolute Gasteiger partial charge is 0.497 e. The lowest BCUT2D eigenvalue weighted by molar-refractivity contribution is 0.0706. The van der Waals surface area contributed by atoms with Gasteiger partial charge < -0.3 is 15.0 Å². The number of aromatic nitrogens is 2. The van der Waals surface area contributed by atoms with Gasteiger partial charge in [0.1, 0.15) is 5.75 Å². The van der Waals surface area contributed by atoms with Crippen molar-refractivity contribution in [1.29, 1.82) is 0 Å². The van der Waals surface area contributed by atoms with Crippen LogP contribution in [0.5, 0.6) is 5.75 Å². The van der Waals surface area contributed by atoms with Crippen LogP contribution in [0.15, 0.2) is 53.4 Å². The molecule has 2 aromatic heterocycles. The Morgan fingerprint density at radius 2 is 2.11 bits per heavy atom. The first kappa shape index (κ1) is 18.4. The highest BCUT2D eigenvalue weighted by molar-refractivity contribution is 7.08. The lowest BCUT2D eigenvalue weighted by Gasteiger charge is -2.32. The summed E-state index contributed by atoms with van der Waals surface area (Å²) in [6.45, 7) is 1.49. The lowest BCUT2D eigenvalue weighted by atomic mass is 9.94. The molecule has 0 bridgehead atoms. The molecule has 1 atom stereocenters. The summed E-state index contributed by atoms with van der Waals surface area (Å²) >= 11 is 1.55. The minimum Gasteiger partial charge on any atom is -0.497 e. The van der Waals surface area contributed by atoms with Gasteiger partial charge in [0.2, 0.25) is 5.95 Å². The van der Waals surface area contributed by atoms with E-state index in [-0.39, 0.29) is 11.8 Å². The molecule has 7 heteroatoms. The van der Waals surface area contributed by atoms with E-state index >= 15 is 0 Å². The average Bonchev–Trinajstić information content (AvgIpc) is 3.29. The lowest BCUT2D eigenvalue weighted by Crippen LogP contribution is -2.39. The maximum Gasteiger partial charge on any atom is 0.254 e. The van der Waals surface area contributed by atoms with Crippen LogP contribution >= 0.6 is 11.3 Å². The Morgan fingerprint density at radius 1 is 1.25 bits per heavy atom. The molecular formula is C21H22N4O2S. The van der Waals surface area contributed by atoms with Gasteiger partial charge in [-0.05, 0) is 54.6 Å². The summed E-state index contributed by atoms with van der Waals surface area (Å²) in [4.78, 5) is 23.7. The number of amides is 1. The average molecular weight is 395 g/mol. The Kier molecular flexibility index (Phi) is 5.53. The Hall–Kier alpha value is -2.93. The number of hydrogen-bond donors (Lipinski definition) is 1. The van der Waals surface area contributed by atoms with Crippen molar-refractivity contribution in [2.24, 2.45) is 0 Å². The summed E-state index contributed by atoms with van der Waals surface area (Å²) in [5.74, 6) is 1.69. The monoisotopic (exact) mass is 394 g/mol. The highest BCUT2D eigenvalue weighted by Crippen LogP contribution is 2.28. The minimum absolute atomic E-state index is 0.108. The SMILES string of the molecule is COc1ccc(Nc2nccc([C@H]3CCCN(C(=O)c4ccsc4)C3)n2)cc1. The second kappa shape index (κ2) is 8.39. The minimum atomic E-state index is 0.108. The molecule has 0 spiro atoms. The number of thiophene rings is 1. The van der Waals surface area contributed by atoms with Gasteiger partial charge in [-0.25, -0.2) is 9.97 Å². The van der Waals surface area contributed by atoms with Crippen molar-refractivity contribution < 1.29 is 9.53 Å². The fourth-order valence-corrected chi connectivity index (χ4v) is 4.07.